The van der Waals surface area contributed by atoms with E-state index in [4.69, 9.17) is 9.72 Å². The zero-order chi connectivity index (χ0) is 23.4. The number of nitrogens with zero attached hydrogens (tertiary/aromatic N) is 4. The van der Waals surface area contributed by atoms with Crippen LogP contribution in [0.25, 0.3) is 10.9 Å². The second kappa shape index (κ2) is 10.4. The van der Waals surface area contributed by atoms with Gasteiger partial charge in [0.1, 0.15) is 0 Å². The Morgan fingerprint density at radius 2 is 1.91 bits per heavy atom. The molecule has 1 aliphatic rings. The monoisotopic (exact) mass is 466 g/mol. The first-order chi connectivity index (χ1) is 15.9. The fourth-order valence-corrected chi connectivity index (χ4v) is 4.86. The number of carbonyl (C=O) groups excluding carboxylic acids is 1. The first kappa shape index (κ1) is 23.3. The number of carbonyl (C=O) groups is 1. The van der Waals surface area contributed by atoms with Crippen LogP contribution in [0, 0.1) is 0 Å². The number of fused-ring (bicyclic) bond motifs is 1. The van der Waals surface area contributed by atoms with Gasteiger partial charge in [-0.1, -0.05) is 36.0 Å². The molecule has 2 aromatic carbocycles. The summed E-state index contributed by atoms with van der Waals surface area (Å²) in [6, 6.07) is 15.5. The van der Waals surface area contributed by atoms with E-state index in [1.165, 1.54) is 11.8 Å². The molecule has 33 heavy (non-hydrogen) atoms. The van der Waals surface area contributed by atoms with E-state index < -0.39 is 0 Å². The topological polar surface area (TPSA) is 67.7 Å². The molecular formula is C25H30N4O3S. The van der Waals surface area contributed by atoms with Crippen molar-refractivity contribution in [2.45, 2.75) is 37.2 Å². The highest BCUT2D eigenvalue weighted by Crippen LogP contribution is 2.22. The Labute approximate surface area is 198 Å². The fourth-order valence-electron chi connectivity index (χ4n) is 3.91. The Hall–Kier alpha value is -2.84. The third-order valence-electron chi connectivity index (χ3n) is 5.86. The normalized spacial score (nSPS) is 15.7. The molecular weight excluding hydrogens is 436 g/mol. The van der Waals surface area contributed by atoms with Crippen molar-refractivity contribution in [3.05, 3.63) is 64.4 Å². The van der Waals surface area contributed by atoms with Crippen molar-refractivity contribution in [1.82, 2.24) is 14.5 Å². The molecule has 1 aliphatic heterocycles. The molecule has 0 bridgehead atoms. The van der Waals surface area contributed by atoms with Crippen LogP contribution in [0.2, 0.25) is 0 Å². The molecule has 0 N–H and O–H groups in total. The maximum absolute atomic E-state index is 13.2. The van der Waals surface area contributed by atoms with Gasteiger partial charge in [0.25, 0.3) is 5.56 Å². The van der Waals surface area contributed by atoms with Crippen LogP contribution in [-0.4, -0.2) is 60.0 Å². The molecule has 0 spiro atoms. The predicted molar refractivity (Wildman–Crippen MR) is 133 cm³/mol. The van der Waals surface area contributed by atoms with Crippen molar-refractivity contribution in [2.24, 2.45) is 0 Å². The van der Waals surface area contributed by atoms with Gasteiger partial charge in [0.2, 0.25) is 5.91 Å². The zero-order valence-electron chi connectivity index (χ0n) is 19.4. The Kier molecular flexibility index (Phi) is 7.35. The van der Waals surface area contributed by atoms with Crippen LogP contribution in [0.15, 0.2) is 58.5 Å². The Bertz CT molecular complexity index is 1170. The zero-order valence-corrected chi connectivity index (χ0v) is 20.2. The minimum Gasteiger partial charge on any atom is -0.378 e. The van der Waals surface area contributed by atoms with Crippen molar-refractivity contribution in [2.75, 3.05) is 38.4 Å². The summed E-state index contributed by atoms with van der Waals surface area (Å²) in [7, 11) is 5.80. The van der Waals surface area contributed by atoms with E-state index in [9.17, 15) is 9.59 Å². The molecule has 7 nitrogen and oxygen atoms in total. The molecule has 1 unspecified atom stereocenters. The van der Waals surface area contributed by atoms with E-state index in [-0.39, 0.29) is 23.3 Å². The van der Waals surface area contributed by atoms with Crippen molar-refractivity contribution in [1.29, 1.82) is 0 Å². The van der Waals surface area contributed by atoms with Crippen molar-refractivity contribution in [3.63, 3.8) is 0 Å². The SMILES string of the molecule is CN(Cc1ccc(N(C)C)cc1)C(=O)CSc1nc2ccccc2c(=O)n1CC1CCCO1. The van der Waals surface area contributed by atoms with Crippen molar-refractivity contribution < 1.29 is 9.53 Å². The number of aromatic nitrogens is 2. The van der Waals surface area contributed by atoms with Crippen molar-refractivity contribution in [3.8, 4) is 0 Å². The van der Waals surface area contributed by atoms with Crippen LogP contribution in [0.4, 0.5) is 5.69 Å². The largest absolute Gasteiger partial charge is 0.378 e. The Morgan fingerprint density at radius 1 is 1.15 bits per heavy atom. The van der Waals surface area contributed by atoms with Gasteiger partial charge in [0.15, 0.2) is 5.16 Å². The minimum absolute atomic E-state index is 0.00789. The van der Waals surface area contributed by atoms with Crippen molar-refractivity contribution >= 4 is 34.3 Å². The summed E-state index contributed by atoms with van der Waals surface area (Å²) in [6.45, 7) is 1.71. The van der Waals surface area contributed by atoms with Gasteiger partial charge in [-0.25, -0.2) is 4.98 Å². The van der Waals surface area contributed by atoms with Gasteiger partial charge < -0.3 is 14.5 Å². The third-order valence-corrected chi connectivity index (χ3v) is 6.82. The van der Waals surface area contributed by atoms with Gasteiger partial charge in [-0.15, -0.1) is 0 Å². The van der Waals surface area contributed by atoms with E-state index >= 15 is 0 Å². The van der Waals surface area contributed by atoms with E-state index in [0.29, 0.717) is 29.1 Å². The average molecular weight is 467 g/mol. The molecule has 1 aromatic heterocycles. The number of ether oxygens (including phenoxy) is 1. The van der Waals surface area contributed by atoms with Crippen LogP contribution in [0.5, 0.6) is 0 Å². The maximum Gasteiger partial charge on any atom is 0.262 e. The van der Waals surface area contributed by atoms with E-state index in [1.54, 1.807) is 22.6 Å². The first-order valence-electron chi connectivity index (χ1n) is 11.2. The lowest BCUT2D eigenvalue weighted by atomic mass is 10.2. The summed E-state index contributed by atoms with van der Waals surface area (Å²) in [4.78, 5) is 34.5. The van der Waals surface area contributed by atoms with Gasteiger partial charge in [0, 0.05) is 40.0 Å². The Morgan fingerprint density at radius 3 is 2.61 bits per heavy atom. The number of thioether (sulfide) groups is 1. The molecule has 0 aliphatic carbocycles. The molecule has 3 aromatic rings. The standard InChI is InChI=1S/C25H30N4O3S/c1-27(2)19-12-10-18(11-13-19)15-28(3)23(30)17-33-25-26-22-9-5-4-8-21(22)24(31)29(25)16-20-7-6-14-32-20/h4-5,8-13,20H,6-7,14-17H2,1-3H3. The van der Waals surface area contributed by atoms with Crippen LogP contribution >= 0.6 is 11.8 Å². The van der Waals surface area contributed by atoms with Gasteiger partial charge in [0.05, 0.1) is 29.3 Å². The molecule has 2 heterocycles. The summed E-state index contributed by atoms with van der Waals surface area (Å²) in [5.74, 6) is 0.200. The Balaban J connectivity index is 1.48. The quantitative estimate of drug-likeness (QED) is 0.375. The molecule has 4 rings (SSSR count). The van der Waals surface area contributed by atoms with Gasteiger partial charge in [-0.3, -0.25) is 14.2 Å². The number of anilines is 1. The number of amides is 1. The fraction of sp³-hybridized carbons (Fsp3) is 0.400. The number of hydrogen-bond donors (Lipinski definition) is 0. The van der Waals surface area contributed by atoms with Gasteiger partial charge >= 0.3 is 0 Å². The summed E-state index contributed by atoms with van der Waals surface area (Å²) >= 11 is 1.31. The predicted octanol–water partition coefficient (Wildman–Crippen LogP) is 3.39. The lowest BCUT2D eigenvalue weighted by Crippen LogP contribution is -2.30. The molecule has 1 amide bonds. The summed E-state index contributed by atoms with van der Waals surface area (Å²) < 4.78 is 7.43. The smallest absolute Gasteiger partial charge is 0.262 e. The highest BCUT2D eigenvalue weighted by atomic mass is 32.2. The van der Waals surface area contributed by atoms with Crippen LogP contribution in [-0.2, 0) is 22.6 Å². The van der Waals surface area contributed by atoms with Crippen LogP contribution < -0.4 is 10.5 Å². The summed E-state index contributed by atoms with van der Waals surface area (Å²) in [6.07, 6.45) is 1.94. The summed E-state index contributed by atoms with van der Waals surface area (Å²) in [5.41, 5.74) is 2.76. The van der Waals surface area contributed by atoms with Gasteiger partial charge in [-0.05, 0) is 42.7 Å². The van der Waals surface area contributed by atoms with Gasteiger partial charge in [-0.2, -0.15) is 0 Å². The lowest BCUT2D eigenvalue weighted by Gasteiger charge is -2.19. The van der Waals surface area contributed by atoms with Crippen LogP contribution in [0.1, 0.15) is 18.4 Å². The first-order valence-corrected chi connectivity index (χ1v) is 12.1. The molecule has 174 valence electrons. The highest BCUT2D eigenvalue weighted by Gasteiger charge is 2.21. The maximum atomic E-state index is 13.2. The minimum atomic E-state index is -0.0830. The second-order valence-electron chi connectivity index (χ2n) is 8.56. The molecule has 0 saturated carbocycles. The number of rotatable bonds is 8. The summed E-state index contributed by atoms with van der Waals surface area (Å²) in [5, 5.41) is 1.15. The lowest BCUT2D eigenvalue weighted by molar-refractivity contribution is -0.127. The van der Waals surface area contributed by atoms with E-state index in [2.05, 4.69) is 0 Å². The number of benzene rings is 2. The number of hydrogen-bond acceptors (Lipinski definition) is 6. The highest BCUT2D eigenvalue weighted by molar-refractivity contribution is 7.99. The molecule has 1 atom stereocenters. The second-order valence-corrected chi connectivity index (χ2v) is 9.50. The molecule has 1 saturated heterocycles. The molecule has 0 radical (unpaired) electrons. The third kappa shape index (κ3) is 5.57. The van der Waals surface area contributed by atoms with E-state index in [1.807, 2.05) is 61.5 Å². The van der Waals surface area contributed by atoms with E-state index in [0.717, 1.165) is 30.7 Å². The molecule has 1 fully saturated rings. The van der Waals surface area contributed by atoms with Crippen LogP contribution in [0.3, 0.4) is 0 Å². The molecule has 8 heteroatoms. The average Bonchev–Trinajstić information content (AvgIpc) is 3.33. The number of para-hydroxylation sites is 1.